The van der Waals surface area contributed by atoms with Crippen molar-refractivity contribution in [3.8, 4) is 0 Å². The molecule has 4 N–H and O–H groups in total. The third-order valence-corrected chi connectivity index (χ3v) is 7.32. The summed E-state index contributed by atoms with van der Waals surface area (Å²) < 4.78 is 12.0. The van der Waals surface area contributed by atoms with Crippen LogP contribution in [0, 0.1) is 17.8 Å². The molecule has 0 aromatic rings. The fourth-order valence-corrected chi connectivity index (χ4v) is 5.74. The largest absolute Gasteiger partial charge is 0.511 e. The van der Waals surface area contributed by atoms with Gasteiger partial charge in [0.25, 0.3) is 0 Å². The van der Waals surface area contributed by atoms with Crippen molar-refractivity contribution in [2.75, 3.05) is 0 Å². The zero-order valence-electron chi connectivity index (χ0n) is 14.6. The Labute approximate surface area is 146 Å². The Morgan fingerprint density at radius 1 is 0.958 bits per heavy atom. The van der Waals surface area contributed by atoms with Gasteiger partial charge in [0.1, 0.15) is 5.92 Å². The Bertz CT molecular complexity index is 419. The molecule has 138 valence electrons. The molecule has 0 radical (unpaired) electrons. The molecule has 0 spiro atoms. The molecule has 0 saturated heterocycles. The SMILES string of the molecule is NC(CC1CCCCC1)C(C(CC1CCCCC1)C(=O)O)[P+](=O)O. The van der Waals surface area contributed by atoms with Gasteiger partial charge in [-0.15, -0.1) is 0 Å². The Hall–Kier alpha value is -0.510. The lowest BCUT2D eigenvalue weighted by Crippen LogP contribution is -2.43. The maximum Gasteiger partial charge on any atom is 0.511 e. The zero-order valence-corrected chi connectivity index (χ0v) is 15.5. The van der Waals surface area contributed by atoms with Gasteiger partial charge in [0, 0.05) is 0 Å². The maximum atomic E-state index is 12.0. The standard InChI is InChI=1S/C18H32NO4P/c19-16(12-14-9-5-2-6-10-14)17(24(22)23)15(18(20)21)11-13-7-3-1-4-8-13/h13-17H,1-12,19H2,(H-,20,21,22,23)/p+1. The minimum atomic E-state index is -2.58. The first-order chi connectivity index (χ1) is 11.5. The van der Waals surface area contributed by atoms with Crippen molar-refractivity contribution in [3.63, 3.8) is 0 Å². The van der Waals surface area contributed by atoms with Gasteiger partial charge in [-0.2, -0.15) is 4.89 Å². The van der Waals surface area contributed by atoms with E-state index in [-0.39, 0.29) is 0 Å². The predicted octanol–water partition coefficient (Wildman–Crippen LogP) is 4.06. The molecule has 0 bridgehead atoms. The van der Waals surface area contributed by atoms with E-state index in [1.807, 2.05) is 0 Å². The average Bonchev–Trinajstić information content (AvgIpc) is 2.55. The highest BCUT2D eigenvalue weighted by molar-refractivity contribution is 7.39. The van der Waals surface area contributed by atoms with Crippen LogP contribution in [0.1, 0.15) is 77.0 Å². The number of rotatable bonds is 8. The van der Waals surface area contributed by atoms with Gasteiger partial charge in [-0.3, -0.25) is 4.79 Å². The second-order valence-corrected chi connectivity index (χ2v) is 9.08. The lowest BCUT2D eigenvalue weighted by molar-refractivity contribution is -0.142. The van der Waals surface area contributed by atoms with E-state index in [1.165, 1.54) is 25.7 Å². The van der Waals surface area contributed by atoms with Crippen LogP contribution in [-0.2, 0) is 9.36 Å². The minimum Gasteiger partial charge on any atom is -0.481 e. The van der Waals surface area contributed by atoms with E-state index in [0.29, 0.717) is 24.7 Å². The maximum absolute atomic E-state index is 12.0. The second kappa shape index (κ2) is 9.84. The van der Waals surface area contributed by atoms with Gasteiger partial charge in [0.2, 0.25) is 5.66 Å². The normalized spacial score (nSPS) is 25.0. The van der Waals surface area contributed by atoms with Crippen LogP contribution in [0.15, 0.2) is 0 Å². The van der Waals surface area contributed by atoms with Gasteiger partial charge in [0.05, 0.1) is 6.04 Å². The molecule has 4 unspecified atom stereocenters. The Balaban J connectivity index is 2.02. The van der Waals surface area contributed by atoms with E-state index < -0.39 is 31.6 Å². The van der Waals surface area contributed by atoms with Crippen molar-refractivity contribution >= 4 is 14.0 Å². The average molecular weight is 358 g/mol. The first-order valence-corrected chi connectivity index (χ1v) is 10.9. The molecule has 2 rings (SSSR count). The van der Waals surface area contributed by atoms with Crippen LogP contribution in [0.4, 0.5) is 0 Å². The molecule has 2 aliphatic carbocycles. The number of hydrogen-bond donors (Lipinski definition) is 3. The summed E-state index contributed by atoms with van der Waals surface area (Å²) in [6.07, 6.45) is 12.6. The van der Waals surface area contributed by atoms with Gasteiger partial charge < -0.3 is 10.8 Å². The van der Waals surface area contributed by atoms with Gasteiger partial charge >= 0.3 is 14.0 Å². The van der Waals surface area contributed by atoms with Crippen LogP contribution in [0.5, 0.6) is 0 Å². The van der Waals surface area contributed by atoms with Crippen molar-refractivity contribution in [2.45, 2.75) is 88.8 Å². The number of nitrogens with two attached hydrogens (primary N) is 1. The molecule has 2 fully saturated rings. The first-order valence-electron chi connectivity index (χ1n) is 9.62. The number of hydrogen-bond acceptors (Lipinski definition) is 3. The minimum absolute atomic E-state index is 0.360. The summed E-state index contributed by atoms with van der Waals surface area (Å²) in [5.41, 5.74) is 5.47. The second-order valence-electron chi connectivity index (χ2n) is 7.88. The van der Waals surface area contributed by atoms with E-state index in [9.17, 15) is 19.4 Å². The fourth-order valence-electron chi connectivity index (χ4n) is 4.73. The molecule has 24 heavy (non-hydrogen) atoms. The third kappa shape index (κ3) is 5.79. The van der Waals surface area contributed by atoms with Crippen LogP contribution in [0.25, 0.3) is 0 Å². The van der Waals surface area contributed by atoms with E-state index in [2.05, 4.69) is 0 Å². The van der Waals surface area contributed by atoms with Crippen molar-refractivity contribution in [2.24, 2.45) is 23.5 Å². The van der Waals surface area contributed by atoms with Gasteiger partial charge in [-0.1, -0.05) is 64.2 Å². The molecule has 0 amide bonds. The predicted molar refractivity (Wildman–Crippen MR) is 95.1 cm³/mol. The molecular weight excluding hydrogens is 325 g/mol. The zero-order chi connectivity index (χ0) is 17.5. The van der Waals surface area contributed by atoms with Crippen molar-refractivity contribution < 1.29 is 19.4 Å². The summed E-state index contributed by atoms with van der Waals surface area (Å²) in [5.74, 6) is -0.906. The van der Waals surface area contributed by atoms with Gasteiger partial charge in [-0.25, -0.2) is 0 Å². The summed E-state index contributed by atoms with van der Waals surface area (Å²) in [6.45, 7) is 0. The topological polar surface area (TPSA) is 101 Å². The molecule has 2 saturated carbocycles. The summed E-state index contributed by atoms with van der Waals surface area (Å²) >= 11 is 0. The summed E-state index contributed by atoms with van der Waals surface area (Å²) in [7, 11) is -2.58. The number of carboxylic acids is 1. The number of aliphatic carboxylic acids is 1. The van der Waals surface area contributed by atoms with Crippen molar-refractivity contribution in [3.05, 3.63) is 0 Å². The highest BCUT2D eigenvalue weighted by atomic mass is 31.1. The highest BCUT2D eigenvalue weighted by Crippen LogP contribution is 2.40. The van der Waals surface area contributed by atoms with E-state index in [4.69, 9.17) is 5.73 Å². The van der Waals surface area contributed by atoms with Crippen LogP contribution in [0.3, 0.4) is 0 Å². The summed E-state index contributed by atoms with van der Waals surface area (Å²) in [6, 6.07) is -0.494. The fraction of sp³-hybridized carbons (Fsp3) is 0.944. The number of carboxylic acid groups (broad SMARTS) is 1. The monoisotopic (exact) mass is 358 g/mol. The van der Waals surface area contributed by atoms with E-state index >= 15 is 0 Å². The van der Waals surface area contributed by atoms with E-state index in [1.54, 1.807) is 0 Å². The number of carbonyl (C=O) groups is 1. The van der Waals surface area contributed by atoms with Gasteiger partial charge in [-0.05, 0) is 29.2 Å². The molecule has 0 heterocycles. The molecule has 4 atom stereocenters. The Kier molecular flexibility index (Phi) is 8.12. The van der Waals surface area contributed by atoms with Crippen LogP contribution < -0.4 is 5.73 Å². The van der Waals surface area contributed by atoms with E-state index in [0.717, 1.165) is 38.5 Å². The third-order valence-electron chi connectivity index (χ3n) is 6.07. The van der Waals surface area contributed by atoms with Crippen LogP contribution in [0.2, 0.25) is 0 Å². The van der Waals surface area contributed by atoms with Crippen molar-refractivity contribution in [1.82, 2.24) is 0 Å². The summed E-state index contributed by atoms with van der Waals surface area (Å²) in [4.78, 5) is 21.6. The molecular formula is C18H33NO4P+. The highest BCUT2D eigenvalue weighted by Gasteiger charge is 2.47. The smallest absolute Gasteiger partial charge is 0.481 e. The van der Waals surface area contributed by atoms with Crippen molar-refractivity contribution in [1.29, 1.82) is 0 Å². The quantitative estimate of drug-likeness (QED) is 0.568. The van der Waals surface area contributed by atoms with Crippen LogP contribution in [-0.4, -0.2) is 27.7 Å². The van der Waals surface area contributed by atoms with Crippen LogP contribution >= 0.6 is 8.03 Å². The lowest BCUT2D eigenvalue weighted by atomic mass is 9.78. The molecule has 0 aliphatic heterocycles. The Morgan fingerprint density at radius 3 is 1.83 bits per heavy atom. The molecule has 2 aliphatic rings. The molecule has 0 aromatic heterocycles. The molecule has 0 aromatic carbocycles. The lowest BCUT2D eigenvalue weighted by Gasteiger charge is -2.29. The molecule has 6 heteroatoms. The van der Waals surface area contributed by atoms with Gasteiger partial charge in [0.15, 0.2) is 0 Å². The summed E-state index contributed by atoms with van der Waals surface area (Å²) in [5, 5.41) is 9.68. The Morgan fingerprint density at radius 2 is 1.42 bits per heavy atom. The first kappa shape index (κ1) is 19.8. The molecule has 5 nitrogen and oxygen atoms in total.